The van der Waals surface area contributed by atoms with Crippen LogP contribution in [0, 0.1) is 13.8 Å². The van der Waals surface area contributed by atoms with E-state index in [0.29, 0.717) is 11.6 Å². The van der Waals surface area contributed by atoms with Crippen LogP contribution >= 0.6 is 11.3 Å². The number of carbonyl (C=O) groups excluding carboxylic acids is 2. The molecule has 0 saturated carbocycles. The zero-order chi connectivity index (χ0) is 20.1. The molecule has 3 rings (SSSR count). The van der Waals surface area contributed by atoms with E-state index in [-0.39, 0.29) is 13.0 Å². The molecule has 0 radical (unpaired) electrons. The van der Waals surface area contributed by atoms with Gasteiger partial charge in [0.05, 0.1) is 17.3 Å². The normalized spacial score (nSPS) is 10.7. The van der Waals surface area contributed by atoms with Crippen molar-refractivity contribution in [3.8, 4) is 5.75 Å². The minimum Gasteiger partial charge on any atom is -0.496 e. The van der Waals surface area contributed by atoms with Crippen molar-refractivity contribution in [3.05, 3.63) is 53.1 Å². The summed E-state index contributed by atoms with van der Waals surface area (Å²) in [4.78, 5) is 28.5. The number of fused-ring (bicyclic) bond motifs is 1. The van der Waals surface area contributed by atoms with Crippen molar-refractivity contribution in [2.24, 2.45) is 0 Å². The molecule has 0 unspecified atom stereocenters. The van der Waals surface area contributed by atoms with Crippen LogP contribution in [0.2, 0.25) is 0 Å². The summed E-state index contributed by atoms with van der Waals surface area (Å²) in [6, 6.07) is 11.6. The summed E-state index contributed by atoms with van der Waals surface area (Å²) < 4.78 is 11.3. The molecule has 0 atom stereocenters. The molecular formula is C21H22N2O4S. The molecule has 0 aliphatic carbocycles. The molecule has 0 spiro atoms. The first-order valence-corrected chi connectivity index (χ1v) is 9.73. The fraction of sp³-hybridized carbons (Fsp3) is 0.286. The Morgan fingerprint density at radius 3 is 2.75 bits per heavy atom. The van der Waals surface area contributed by atoms with Gasteiger partial charge in [-0.25, -0.2) is 4.98 Å². The molecule has 28 heavy (non-hydrogen) atoms. The average molecular weight is 398 g/mol. The van der Waals surface area contributed by atoms with Gasteiger partial charge in [0, 0.05) is 6.42 Å². The Kier molecular flexibility index (Phi) is 6.26. The second-order valence-electron chi connectivity index (χ2n) is 6.47. The first-order chi connectivity index (χ1) is 13.5. The number of rotatable bonds is 7. The minimum absolute atomic E-state index is 0.174. The molecule has 1 aromatic heterocycles. The maximum atomic E-state index is 12.1. The van der Waals surface area contributed by atoms with Crippen molar-refractivity contribution in [1.29, 1.82) is 0 Å². The van der Waals surface area contributed by atoms with Crippen LogP contribution in [0.1, 0.15) is 23.1 Å². The van der Waals surface area contributed by atoms with Gasteiger partial charge in [0.2, 0.25) is 0 Å². The van der Waals surface area contributed by atoms with E-state index in [4.69, 9.17) is 9.47 Å². The Bertz CT molecular complexity index is 1010. The van der Waals surface area contributed by atoms with Crippen molar-refractivity contribution in [2.45, 2.75) is 26.7 Å². The van der Waals surface area contributed by atoms with Gasteiger partial charge >= 0.3 is 5.97 Å². The highest BCUT2D eigenvalue weighted by Gasteiger charge is 2.13. The van der Waals surface area contributed by atoms with Crippen LogP contribution in [0.3, 0.4) is 0 Å². The van der Waals surface area contributed by atoms with E-state index in [1.54, 1.807) is 7.11 Å². The number of thiazole rings is 1. The highest BCUT2D eigenvalue weighted by atomic mass is 32.1. The van der Waals surface area contributed by atoms with Gasteiger partial charge in [-0.15, -0.1) is 0 Å². The van der Waals surface area contributed by atoms with E-state index in [1.807, 2.05) is 44.2 Å². The lowest BCUT2D eigenvalue weighted by molar-refractivity contribution is -0.147. The van der Waals surface area contributed by atoms with Gasteiger partial charge in [0.15, 0.2) is 11.7 Å². The Morgan fingerprint density at radius 2 is 1.96 bits per heavy atom. The summed E-state index contributed by atoms with van der Waals surface area (Å²) in [6.45, 7) is 3.68. The van der Waals surface area contributed by atoms with Gasteiger partial charge in [-0.1, -0.05) is 35.6 Å². The standard InChI is InChI=1S/C21H22N2O4S/c1-13-10-14(2)20-17(11-13)28-21(23-20)22-18(24)12-27-19(25)9-8-15-6-4-5-7-16(15)26-3/h4-7,10-11H,8-9,12H2,1-3H3,(H,22,23,24). The summed E-state index contributed by atoms with van der Waals surface area (Å²) >= 11 is 1.40. The molecule has 3 aromatic rings. The first kappa shape index (κ1) is 19.8. The van der Waals surface area contributed by atoms with Crippen LogP contribution in [0.5, 0.6) is 5.75 Å². The van der Waals surface area contributed by atoms with Crippen molar-refractivity contribution in [3.63, 3.8) is 0 Å². The number of para-hydroxylation sites is 1. The number of nitrogens with one attached hydrogen (secondary N) is 1. The Morgan fingerprint density at radius 1 is 1.18 bits per heavy atom. The van der Waals surface area contributed by atoms with E-state index < -0.39 is 11.9 Å². The number of amides is 1. The van der Waals surface area contributed by atoms with Gasteiger partial charge in [-0.2, -0.15) is 0 Å². The first-order valence-electron chi connectivity index (χ1n) is 8.91. The third-order valence-corrected chi connectivity index (χ3v) is 5.15. The molecule has 1 amide bonds. The quantitative estimate of drug-likeness (QED) is 0.608. The molecule has 0 aliphatic heterocycles. The molecule has 146 valence electrons. The van der Waals surface area contributed by atoms with E-state index in [2.05, 4.69) is 16.4 Å². The van der Waals surface area contributed by atoms with Crippen molar-refractivity contribution in [1.82, 2.24) is 4.98 Å². The summed E-state index contributed by atoms with van der Waals surface area (Å²) in [6.07, 6.45) is 0.661. The smallest absolute Gasteiger partial charge is 0.306 e. The van der Waals surface area contributed by atoms with Gasteiger partial charge in [-0.3, -0.25) is 14.9 Å². The molecule has 6 nitrogen and oxygen atoms in total. The van der Waals surface area contributed by atoms with Crippen LogP contribution in [0.15, 0.2) is 36.4 Å². The van der Waals surface area contributed by atoms with Crippen LogP contribution in [0.4, 0.5) is 5.13 Å². The fourth-order valence-electron chi connectivity index (χ4n) is 2.94. The van der Waals surface area contributed by atoms with Crippen LogP contribution in [-0.4, -0.2) is 30.6 Å². The largest absolute Gasteiger partial charge is 0.496 e. The number of ether oxygens (including phenoxy) is 2. The maximum Gasteiger partial charge on any atom is 0.306 e. The number of esters is 1. The number of hydrogen-bond donors (Lipinski definition) is 1. The molecule has 0 aliphatic rings. The highest BCUT2D eigenvalue weighted by Crippen LogP contribution is 2.29. The topological polar surface area (TPSA) is 77.5 Å². The van der Waals surface area contributed by atoms with Gasteiger partial charge < -0.3 is 9.47 Å². The summed E-state index contributed by atoms with van der Waals surface area (Å²) in [7, 11) is 1.59. The molecule has 2 aromatic carbocycles. The Labute approximate surface area is 167 Å². The van der Waals surface area contributed by atoms with Crippen LogP contribution < -0.4 is 10.1 Å². The number of anilines is 1. The number of nitrogens with zero attached hydrogens (tertiary/aromatic N) is 1. The molecule has 7 heteroatoms. The van der Waals surface area contributed by atoms with E-state index in [1.165, 1.54) is 11.3 Å². The Hall–Kier alpha value is -2.93. The molecule has 0 fully saturated rings. The highest BCUT2D eigenvalue weighted by molar-refractivity contribution is 7.22. The number of hydrogen-bond acceptors (Lipinski definition) is 6. The monoisotopic (exact) mass is 398 g/mol. The van der Waals surface area contributed by atoms with Gasteiger partial charge in [-0.05, 0) is 49.1 Å². The van der Waals surface area contributed by atoms with E-state index in [0.717, 1.165) is 32.7 Å². The lowest BCUT2D eigenvalue weighted by Crippen LogP contribution is -2.21. The third kappa shape index (κ3) is 4.86. The number of methoxy groups -OCH3 is 1. The lowest BCUT2D eigenvalue weighted by atomic mass is 10.1. The summed E-state index contributed by atoms with van der Waals surface area (Å²) in [5.74, 6) is -0.106. The predicted octanol–water partition coefficient (Wildman–Crippen LogP) is 4.04. The van der Waals surface area contributed by atoms with Crippen molar-refractivity contribution in [2.75, 3.05) is 19.0 Å². The van der Waals surface area contributed by atoms with Crippen LogP contribution in [0.25, 0.3) is 10.2 Å². The summed E-state index contributed by atoms with van der Waals surface area (Å²) in [5.41, 5.74) is 4.01. The third-order valence-electron chi connectivity index (χ3n) is 4.23. The van der Waals surface area contributed by atoms with E-state index in [9.17, 15) is 9.59 Å². The second kappa shape index (κ2) is 8.84. The van der Waals surface area contributed by atoms with Crippen LogP contribution in [-0.2, 0) is 20.7 Å². The fourth-order valence-corrected chi connectivity index (χ4v) is 4.00. The molecule has 1 heterocycles. The zero-order valence-electron chi connectivity index (χ0n) is 16.1. The van der Waals surface area contributed by atoms with Crippen molar-refractivity contribution >= 4 is 38.6 Å². The number of benzene rings is 2. The predicted molar refractivity (Wildman–Crippen MR) is 110 cm³/mol. The SMILES string of the molecule is COc1ccccc1CCC(=O)OCC(=O)Nc1nc2c(C)cc(C)cc2s1. The lowest BCUT2D eigenvalue weighted by Gasteiger charge is -2.08. The number of aromatic nitrogens is 1. The molecule has 0 bridgehead atoms. The zero-order valence-corrected chi connectivity index (χ0v) is 16.9. The molecule has 1 N–H and O–H groups in total. The second-order valence-corrected chi connectivity index (χ2v) is 7.50. The van der Waals surface area contributed by atoms with E-state index >= 15 is 0 Å². The minimum atomic E-state index is -0.433. The average Bonchev–Trinajstić information content (AvgIpc) is 3.07. The molecule has 0 saturated heterocycles. The van der Waals surface area contributed by atoms with Gasteiger partial charge in [0.25, 0.3) is 5.91 Å². The number of carbonyl (C=O) groups is 2. The Balaban J connectivity index is 1.50. The maximum absolute atomic E-state index is 12.1. The molecular weight excluding hydrogens is 376 g/mol. The van der Waals surface area contributed by atoms with Gasteiger partial charge in [0.1, 0.15) is 5.75 Å². The number of aryl methyl sites for hydroxylation is 3. The van der Waals surface area contributed by atoms with Crippen molar-refractivity contribution < 1.29 is 19.1 Å². The summed E-state index contributed by atoms with van der Waals surface area (Å²) in [5, 5.41) is 3.20.